The van der Waals surface area contributed by atoms with E-state index in [1.807, 2.05) is 76.2 Å². The molecular formula is C51H39BFN5O2. The molecule has 60 heavy (non-hydrogen) atoms. The van der Waals surface area contributed by atoms with Crippen LogP contribution in [0.4, 0.5) is 4.39 Å². The van der Waals surface area contributed by atoms with Gasteiger partial charge in [0.2, 0.25) is 5.95 Å². The lowest BCUT2D eigenvalue weighted by molar-refractivity contribution is 0.00578. The van der Waals surface area contributed by atoms with Gasteiger partial charge >= 0.3 is 7.12 Å². The van der Waals surface area contributed by atoms with Gasteiger partial charge in [0.05, 0.1) is 33.3 Å². The van der Waals surface area contributed by atoms with Gasteiger partial charge in [-0.05, 0) is 69.2 Å². The summed E-state index contributed by atoms with van der Waals surface area (Å²) in [7, 11) is -0.983. The minimum Gasteiger partial charge on any atom is -0.399 e. The predicted molar refractivity (Wildman–Crippen MR) is 240 cm³/mol. The normalized spacial score (nSPS) is 14.8. The molecule has 3 aromatic heterocycles. The van der Waals surface area contributed by atoms with Crippen molar-refractivity contribution < 1.29 is 13.7 Å². The van der Waals surface area contributed by atoms with Gasteiger partial charge in [-0.1, -0.05) is 133 Å². The second-order valence-electron chi connectivity index (χ2n) is 16.4. The second-order valence-corrected chi connectivity index (χ2v) is 16.4. The third-order valence-electron chi connectivity index (χ3n) is 12.3. The van der Waals surface area contributed by atoms with Crippen molar-refractivity contribution in [1.82, 2.24) is 24.1 Å². The van der Waals surface area contributed by atoms with E-state index in [9.17, 15) is 0 Å². The van der Waals surface area contributed by atoms with E-state index in [-0.39, 0.29) is 5.46 Å². The van der Waals surface area contributed by atoms with Crippen LogP contribution in [0.15, 0.2) is 164 Å². The quantitative estimate of drug-likeness (QED) is 0.157. The average Bonchev–Trinajstić information content (AvgIpc) is 3.87. The lowest BCUT2D eigenvalue weighted by atomic mass is 9.75. The monoisotopic (exact) mass is 783 g/mol. The highest BCUT2D eigenvalue weighted by Gasteiger charge is 2.53. The van der Waals surface area contributed by atoms with E-state index in [2.05, 4.69) is 112 Å². The van der Waals surface area contributed by atoms with Crippen LogP contribution >= 0.6 is 0 Å². The van der Waals surface area contributed by atoms with Gasteiger partial charge in [0.15, 0.2) is 11.6 Å². The smallest absolute Gasteiger partial charge is 0.399 e. The molecule has 0 aliphatic carbocycles. The molecule has 0 N–H and O–H groups in total. The molecule has 1 aliphatic heterocycles. The molecule has 7 aromatic carbocycles. The fourth-order valence-corrected chi connectivity index (χ4v) is 8.64. The van der Waals surface area contributed by atoms with E-state index >= 15 is 4.39 Å². The molecule has 0 atom stereocenters. The Morgan fingerprint density at radius 1 is 0.467 bits per heavy atom. The summed E-state index contributed by atoms with van der Waals surface area (Å²) in [6, 6.07) is 55.3. The Morgan fingerprint density at radius 3 is 1.62 bits per heavy atom. The average molecular weight is 784 g/mol. The van der Waals surface area contributed by atoms with E-state index in [0.29, 0.717) is 23.2 Å². The van der Waals surface area contributed by atoms with Gasteiger partial charge in [-0.15, -0.1) is 0 Å². The van der Waals surface area contributed by atoms with Crippen LogP contribution in [0, 0.1) is 5.82 Å². The number of fused-ring (bicyclic) bond motifs is 7. The number of hydrogen-bond acceptors (Lipinski definition) is 5. The van der Waals surface area contributed by atoms with Gasteiger partial charge < -0.3 is 13.9 Å². The molecule has 4 heterocycles. The number of para-hydroxylation sites is 2. The molecule has 1 aliphatic rings. The fraction of sp³-hybridized carbons (Fsp3) is 0.118. The van der Waals surface area contributed by atoms with Crippen LogP contribution in [0.3, 0.4) is 0 Å². The molecule has 0 amide bonds. The number of halogens is 1. The molecular weight excluding hydrogens is 744 g/mol. The highest BCUT2D eigenvalue weighted by atomic mass is 19.1. The lowest BCUT2D eigenvalue weighted by Gasteiger charge is -2.32. The fourth-order valence-electron chi connectivity index (χ4n) is 8.64. The maximum absolute atomic E-state index is 16.3. The Labute approximate surface area is 346 Å². The first kappa shape index (κ1) is 36.2. The highest BCUT2D eigenvalue weighted by molar-refractivity contribution is 6.64. The molecule has 1 saturated heterocycles. The summed E-state index contributed by atoms with van der Waals surface area (Å²) in [5.41, 5.74) is 7.43. The summed E-state index contributed by atoms with van der Waals surface area (Å²) in [6.07, 6.45) is 0. The number of aromatic nitrogens is 5. The number of rotatable bonds is 6. The standard InChI is InChI=1S/C51H39BFN5O2/c1-50(2)51(3,4)60-52(59-50)44-40(22-15-23-41(44)53)48-54-47(34-18-9-6-10-19-34)55-49(56-48)58-43-25-14-12-21-37(43)39-31-30-38-36-20-11-13-24-42(36)57(45(38)46(39)58)35-28-26-33(27-29-35)32-16-7-5-8-17-32/h5-31H,1-4H3. The third-order valence-corrected chi connectivity index (χ3v) is 12.3. The summed E-state index contributed by atoms with van der Waals surface area (Å²) in [4.78, 5) is 15.6. The number of nitrogens with zero attached hydrogens (tertiary/aromatic N) is 5. The van der Waals surface area contributed by atoms with Gasteiger partial charge in [-0.25, -0.2) is 9.37 Å². The molecule has 9 heteroatoms. The van der Waals surface area contributed by atoms with Gasteiger partial charge in [-0.2, -0.15) is 9.97 Å². The summed E-state index contributed by atoms with van der Waals surface area (Å²) < 4.78 is 33.7. The Balaban J connectivity index is 1.22. The lowest BCUT2D eigenvalue weighted by Crippen LogP contribution is -2.41. The summed E-state index contributed by atoms with van der Waals surface area (Å²) in [5.74, 6) is 0.696. The van der Waals surface area contributed by atoms with Crippen LogP contribution in [0.1, 0.15) is 27.7 Å². The van der Waals surface area contributed by atoms with Crippen LogP contribution < -0.4 is 5.46 Å². The van der Waals surface area contributed by atoms with E-state index < -0.39 is 24.1 Å². The second kappa shape index (κ2) is 13.6. The molecule has 0 unspecified atom stereocenters. The SMILES string of the molecule is CC1(C)OB(c2c(F)cccc2-c2nc(-c3ccccc3)nc(-n3c4ccccc4c4ccc5c6ccccc6n(-c6ccc(-c7ccccc7)cc6)c5c43)n2)OC1(C)C. The number of benzene rings is 7. The van der Waals surface area contributed by atoms with Crippen LogP contribution in [-0.2, 0) is 9.31 Å². The number of hydrogen-bond donors (Lipinski definition) is 0. The van der Waals surface area contributed by atoms with Crippen LogP contribution in [0.2, 0.25) is 0 Å². The predicted octanol–water partition coefficient (Wildman–Crippen LogP) is 11.5. The maximum atomic E-state index is 16.3. The molecule has 7 nitrogen and oxygen atoms in total. The van der Waals surface area contributed by atoms with Crippen molar-refractivity contribution in [2.45, 2.75) is 38.9 Å². The van der Waals surface area contributed by atoms with Crippen molar-refractivity contribution in [2.24, 2.45) is 0 Å². The summed E-state index contributed by atoms with van der Waals surface area (Å²) >= 11 is 0. The Bertz CT molecular complexity index is 3270. The van der Waals surface area contributed by atoms with Crippen molar-refractivity contribution >= 4 is 56.2 Å². The van der Waals surface area contributed by atoms with Crippen LogP contribution in [0.25, 0.3) is 89.2 Å². The molecule has 11 rings (SSSR count). The van der Waals surface area contributed by atoms with Crippen molar-refractivity contribution in [1.29, 1.82) is 0 Å². The molecule has 0 radical (unpaired) electrons. The van der Waals surface area contributed by atoms with Gasteiger partial charge in [0.1, 0.15) is 5.82 Å². The van der Waals surface area contributed by atoms with Crippen molar-refractivity contribution in [3.63, 3.8) is 0 Å². The molecule has 1 fully saturated rings. The van der Waals surface area contributed by atoms with Gasteiger partial charge in [0.25, 0.3) is 0 Å². The van der Waals surface area contributed by atoms with E-state index in [4.69, 9.17) is 24.3 Å². The largest absolute Gasteiger partial charge is 0.498 e. The molecule has 290 valence electrons. The maximum Gasteiger partial charge on any atom is 0.498 e. The Hall–Kier alpha value is -6.94. The molecule has 10 aromatic rings. The van der Waals surface area contributed by atoms with Crippen LogP contribution in [0.5, 0.6) is 0 Å². The topological polar surface area (TPSA) is 67.0 Å². The van der Waals surface area contributed by atoms with Crippen molar-refractivity contribution in [3.8, 4) is 45.5 Å². The van der Waals surface area contributed by atoms with E-state index in [1.54, 1.807) is 6.07 Å². The highest BCUT2D eigenvalue weighted by Crippen LogP contribution is 2.42. The van der Waals surface area contributed by atoms with E-state index in [0.717, 1.165) is 66.0 Å². The zero-order valence-corrected chi connectivity index (χ0v) is 33.6. The minimum absolute atomic E-state index is 0.246. The van der Waals surface area contributed by atoms with Gasteiger partial charge in [0, 0.05) is 43.8 Å². The van der Waals surface area contributed by atoms with E-state index in [1.165, 1.54) is 6.07 Å². The van der Waals surface area contributed by atoms with Crippen molar-refractivity contribution in [2.75, 3.05) is 0 Å². The summed E-state index contributed by atoms with van der Waals surface area (Å²) in [6.45, 7) is 7.84. The Morgan fingerprint density at radius 2 is 0.983 bits per heavy atom. The van der Waals surface area contributed by atoms with Crippen LogP contribution in [-0.4, -0.2) is 42.4 Å². The first-order valence-corrected chi connectivity index (χ1v) is 20.2. The van der Waals surface area contributed by atoms with Crippen molar-refractivity contribution in [3.05, 3.63) is 170 Å². The van der Waals surface area contributed by atoms with Gasteiger partial charge in [-0.3, -0.25) is 4.57 Å². The first-order chi connectivity index (χ1) is 29.2. The first-order valence-electron chi connectivity index (χ1n) is 20.2. The molecule has 0 bridgehead atoms. The zero-order chi connectivity index (χ0) is 40.8. The summed E-state index contributed by atoms with van der Waals surface area (Å²) in [5, 5.41) is 4.33. The molecule has 0 spiro atoms. The zero-order valence-electron chi connectivity index (χ0n) is 33.6. The third kappa shape index (κ3) is 5.61. The Kier molecular flexibility index (Phi) is 8.17. The minimum atomic E-state index is -0.983. The molecule has 0 saturated carbocycles.